The third-order valence-electron chi connectivity index (χ3n) is 4.44. The maximum atomic E-state index is 12.2. The SMILES string of the molecule is Nc1ncc2c(n1)-c1ccc(Nc3ccc4c(c3)OCO4)cc1NC(=O)C2. The van der Waals surface area contributed by atoms with Crippen LogP contribution >= 0.6 is 0 Å². The number of anilines is 4. The van der Waals surface area contributed by atoms with E-state index in [0.29, 0.717) is 17.1 Å². The third kappa shape index (κ3) is 2.77. The minimum Gasteiger partial charge on any atom is -0.454 e. The maximum absolute atomic E-state index is 12.2. The first kappa shape index (κ1) is 15.4. The Balaban J connectivity index is 1.52. The van der Waals surface area contributed by atoms with Crippen LogP contribution in [0, 0.1) is 0 Å². The zero-order valence-electron chi connectivity index (χ0n) is 14.2. The van der Waals surface area contributed by atoms with Gasteiger partial charge in [0.05, 0.1) is 17.8 Å². The molecule has 1 aromatic heterocycles. The van der Waals surface area contributed by atoms with Crippen LogP contribution in [0.1, 0.15) is 5.56 Å². The molecular formula is C19H15N5O3. The van der Waals surface area contributed by atoms with Gasteiger partial charge in [-0.2, -0.15) is 0 Å². The van der Waals surface area contributed by atoms with E-state index < -0.39 is 0 Å². The van der Waals surface area contributed by atoms with Gasteiger partial charge < -0.3 is 25.8 Å². The first-order valence-electron chi connectivity index (χ1n) is 8.38. The molecule has 0 unspecified atom stereocenters. The lowest BCUT2D eigenvalue weighted by molar-refractivity contribution is -0.115. The molecule has 5 rings (SSSR count). The number of ether oxygens (including phenoxy) is 2. The Bertz CT molecular complexity index is 1080. The summed E-state index contributed by atoms with van der Waals surface area (Å²) in [7, 11) is 0. The fraction of sp³-hybridized carbons (Fsp3) is 0.105. The molecule has 3 heterocycles. The van der Waals surface area contributed by atoms with Crippen molar-refractivity contribution in [2.75, 3.05) is 23.2 Å². The summed E-state index contributed by atoms with van der Waals surface area (Å²) in [5, 5.41) is 6.23. The Hall–Kier alpha value is -3.81. The van der Waals surface area contributed by atoms with Crippen LogP contribution in [-0.2, 0) is 11.2 Å². The van der Waals surface area contributed by atoms with Crippen molar-refractivity contribution in [2.45, 2.75) is 6.42 Å². The number of hydrogen-bond acceptors (Lipinski definition) is 7. The van der Waals surface area contributed by atoms with Crippen LogP contribution in [0.15, 0.2) is 42.6 Å². The van der Waals surface area contributed by atoms with Crippen molar-refractivity contribution in [1.82, 2.24) is 9.97 Å². The number of aromatic nitrogens is 2. The highest BCUT2D eigenvalue weighted by molar-refractivity contribution is 6.00. The number of nitrogens with one attached hydrogen (secondary N) is 2. The molecule has 2 aliphatic heterocycles. The van der Waals surface area contributed by atoms with E-state index in [1.807, 2.05) is 36.4 Å². The fourth-order valence-corrected chi connectivity index (χ4v) is 3.22. The molecule has 0 aliphatic carbocycles. The summed E-state index contributed by atoms with van der Waals surface area (Å²) in [5.41, 5.74) is 10.3. The van der Waals surface area contributed by atoms with E-state index in [9.17, 15) is 4.79 Å². The quantitative estimate of drug-likeness (QED) is 0.643. The number of amides is 1. The maximum Gasteiger partial charge on any atom is 0.231 e. The molecule has 0 spiro atoms. The van der Waals surface area contributed by atoms with Crippen molar-refractivity contribution in [2.24, 2.45) is 0 Å². The topological polar surface area (TPSA) is 111 Å². The number of fused-ring (bicyclic) bond motifs is 4. The van der Waals surface area contributed by atoms with E-state index in [0.717, 1.165) is 28.3 Å². The molecule has 0 fully saturated rings. The summed E-state index contributed by atoms with van der Waals surface area (Å²) in [6.45, 7) is 0.230. The smallest absolute Gasteiger partial charge is 0.231 e. The molecule has 8 heteroatoms. The van der Waals surface area contributed by atoms with Gasteiger partial charge in [-0.25, -0.2) is 9.97 Å². The molecule has 0 radical (unpaired) electrons. The van der Waals surface area contributed by atoms with Gasteiger partial charge in [0.2, 0.25) is 18.6 Å². The van der Waals surface area contributed by atoms with E-state index >= 15 is 0 Å². The average molecular weight is 361 g/mol. The van der Waals surface area contributed by atoms with Crippen molar-refractivity contribution in [3.05, 3.63) is 48.2 Å². The van der Waals surface area contributed by atoms with Gasteiger partial charge in [-0.1, -0.05) is 0 Å². The zero-order chi connectivity index (χ0) is 18.4. The number of nitrogen functional groups attached to an aromatic ring is 1. The van der Waals surface area contributed by atoms with Crippen LogP contribution in [0.3, 0.4) is 0 Å². The number of carbonyl (C=O) groups is 1. The predicted molar refractivity (Wildman–Crippen MR) is 100 cm³/mol. The lowest BCUT2D eigenvalue weighted by Gasteiger charge is -2.12. The highest BCUT2D eigenvalue weighted by atomic mass is 16.7. The van der Waals surface area contributed by atoms with E-state index in [2.05, 4.69) is 20.6 Å². The van der Waals surface area contributed by atoms with E-state index in [1.54, 1.807) is 6.20 Å². The minimum atomic E-state index is -0.122. The summed E-state index contributed by atoms with van der Waals surface area (Å²) in [6.07, 6.45) is 1.81. The summed E-state index contributed by atoms with van der Waals surface area (Å²) >= 11 is 0. The van der Waals surface area contributed by atoms with E-state index in [1.165, 1.54) is 0 Å². The van der Waals surface area contributed by atoms with Gasteiger partial charge in [-0.15, -0.1) is 0 Å². The molecule has 0 saturated carbocycles. The number of carbonyl (C=O) groups excluding carboxylic acids is 1. The zero-order valence-corrected chi connectivity index (χ0v) is 14.2. The van der Waals surface area contributed by atoms with Crippen molar-refractivity contribution in [3.8, 4) is 22.8 Å². The van der Waals surface area contributed by atoms with Gasteiger partial charge in [-0.05, 0) is 30.3 Å². The number of benzene rings is 2. The highest BCUT2D eigenvalue weighted by Gasteiger charge is 2.21. The standard InChI is InChI=1S/C19H15N5O3/c20-19-21-8-10-5-17(25)23-14-6-11(1-3-13(14)18(10)24-19)22-12-2-4-15-16(7-12)27-9-26-15/h1-4,6-8,22H,5,9H2,(H,23,25)(H2,20,21,24). The van der Waals surface area contributed by atoms with Crippen LogP contribution in [0.5, 0.6) is 11.5 Å². The molecule has 0 bridgehead atoms. The van der Waals surface area contributed by atoms with Gasteiger partial charge in [-0.3, -0.25) is 4.79 Å². The Labute approximate surface area is 154 Å². The molecule has 134 valence electrons. The summed E-state index contributed by atoms with van der Waals surface area (Å²) in [5.74, 6) is 1.48. The van der Waals surface area contributed by atoms with Crippen molar-refractivity contribution < 1.29 is 14.3 Å². The van der Waals surface area contributed by atoms with Crippen LogP contribution in [0.2, 0.25) is 0 Å². The molecule has 0 saturated heterocycles. The van der Waals surface area contributed by atoms with Crippen LogP contribution < -0.4 is 25.8 Å². The molecule has 3 aromatic rings. The van der Waals surface area contributed by atoms with Crippen LogP contribution in [0.25, 0.3) is 11.3 Å². The second-order valence-corrected chi connectivity index (χ2v) is 6.28. The fourth-order valence-electron chi connectivity index (χ4n) is 3.22. The van der Waals surface area contributed by atoms with Crippen LogP contribution in [0.4, 0.5) is 23.0 Å². The Morgan fingerprint density at radius 3 is 2.81 bits per heavy atom. The van der Waals surface area contributed by atoms with Gasteiger partial charge in [0.15, 0.2) is 11.5 Å². The van der Waals surface area contributed by atoms with Crippen molar-refractivity contribution >= 4 is 28.9 Å². The minimum absolute atomic E-state index is 0.122. The molecule has 27 heavy (non-hydrogen) atoms. The summed E-state index contributed by atoms with van der Waals surface area (Å²) in [4.78, 5) is 20.6. The monoisotopic (exact) mass is 361 g/mol. The molecule has 2 aliphatic rings. The molecular weight excluding hydrogens is 346 g/mol. The van der Waals surface area contributed by atoms with Crippen molar-refractivity contribution in [3.63, 3.8) is 0 Å². The van der Waals surface area contributed by atoms with Gasteiger partial charge >= 0.3 is 0 Å². The second kappa shape index (κ2) is 5.87. The predicted octanol–water partition coefficient (Wildman–Crippen LogP) is 2.69. The molecule has 0 atom stereocenters. The Morgan fingerprint density at radius 1 is 1.07 bits per heavy atom. The van der Waals surface area contributed by atoms with E-state index in [4.69, 9.17) is 15.2 Å². The molecule has 1 amide bonds. The Kier molecular flexibility index (Phi) is 3.36. The number of nitrogens with zero attached hydrogens (tertiary/aromatic N) is 2. The molecule has 2 aromatic carbocycles. The van der Waals surface area contributed by atoms with Gasteiger partial charge in [0.1, 0.15) is 0 Å². The number of rotatable bonds is 2. The second-order valence-electron chi connectivity index (χ2n) is 6.28. The van der Waals surface area contributed by atoms with Crippen LogP contribution in [-0.4, -0.2) is 22.7 Å². The lowest BCUT2D eigenvalue weighted by atomic mass is 10.0. The first-order valence-corrected chi connectivity index (χ1v) is 8.38. The summed E-state index contributed by atoms with van der Waals surface area (Å²) in [6, 6.07) is 11.3. The highest BCUT2D eigenvalue weighted by Crippen LogP contribution is 2.37. The normalized spacial score (nSPS) is 14.0. The molecule has 4 N–H and O–H groups in total. The van der Waals surface area contributed by atoms with E-state index in [-0.39, 0.29) is 25.1 Å². The number of hydrogen-bond donors (Lipinski definition) is 3. The summed E-state index contributed by atoms with van der Waals surface area (Å²) < 4.78 is 10.7. The average Bonchev–Trinajstić information content (AvgIpc) is 3.06. The third-order valence-corrected chi connectivity index (χ3v) is 4.44. The van der Waals surface area contributed by atoms with Gasteiger partial charge in [0, 0.05) is 34.8 Å². The van der Waals surface area contributed by atoms with Crippen molar-refractivity contribution in [1.29, 1.82) is 0 Å². The largest absolute Gasteiger partial charge is 0.454 e. The Morgan fingerprint density at radius 2 is 1.89 bits per heavy atom. The van der Waals surface area contributed by atoms with Gasteiger partial charge in [0.25, 0.3) is 0 Å². The number of nitrogens with two attached hydrogens (primary N) is 1. The molecule has 8 nitrogen and oxygen atoms in total. The first-order chi connectivity index (χ1) is 13.2. The lowest BCUT2D eigenvalue weighted by Crippen LogP contribution is -2.13.